The van der Waals surface area contributed by atoms with Crippen LogP contribution in [0.5, 0.6) is 0 Å². The van der Waals surface area contributed by atoms with Gasteiger partial charge in [-0.05, 0) is 0 Å². The first-order valence-electron chi connectivity index (χ1n) is 4.12. The van der Waals surface area contributed by atoms with Crippen LogP contribution in [0.15, 0.2) is 30.3 Å². The van der Waals surface area contributed by atoms with Crippen LogP contribution in [0.25, 0.3) is 0 Å². The Bertz CT molecular complexity index is 395. The molecule has 0 aromatic heterocycles. The molecule has 6 nitrogen and oxygen atoms in total. The molecule has 12 heteroatoms. The normalized spacial score (nSPS) is 13.5. The topological polar surface area (TPSA) is 98.7 Å². The summed E-state index contributed by atoms with van der Waals surface area (Å²) in [7, 11) is -7.03. The Morgan fingerprint density at radius 1 is 1.05 bits per heavy atom. The van der Waals surface area contributed by atoms with Gasteiger partial charge in [0.25, 0.3) is 4.52 Å². The molecule has 2 unspecified atom stereocenters. The van der Waals surface area contributed by atoms with E-state index in [1.165, 1.54) is 0 Å². The van der Waals surface area contributed by atoms with Gasteiger partial charge in [-0.25, -0.2) is 4.29 Å². The Hall–Kier alpha value is 1.65. The molecule has 0 amide bonds. The Morgan fingerprint density at radius 3 is 1.74 bits per heavy atom. The molecule has 0 aliphatic rings. The standard InChI is InChI=1S/C7H5Cl3O.Ca.H4O5P2/c8-7(9,11-10)6-4-2-1-3-5-6;;1-6(2)5-7(3)4/h1-5H;;6-7H,(H,1,2)(H,3,4)/q;+2;/p-2. The third-order valence-electron chi connectivity index (χ3n) is 1.37. The van der Waals surface area contributed by atoms with Crippen molar-refractivity contribution in [1.29, 1.82) is 0 Å². The minimum absolute atomic E-state index is 0. The van der Waals surface area contributed by atoms with E-state index in [9.17, 15) is 18.9 Å². The molecule has 1 rings (SSSR count). The SMILES string of the molecule is ClOC(Cl)(Cl)c1ccccc1.O=[PH]([O-])O[PH](=O)[O-].[Ca+2]. The predicted octanol–water partition coefficient (Wildman–Crippen LogP) is 1.57. The quantitative estimate of drug-likeness (QED) is 0.436. The van der Waals surface area contributed by atoms with Gasteiger partial charge in [0.15, 0.2) is 0 Å². The summed E-state index contributed by atoms with van der Waals surface area (Å²) in [5.74, 6) is 0. The van der Waals surface area contributed by atoms with Crippen molar-refractivity contribution in [2.75, 3.05) is 0 Å². The van der Waals surface area contributed by atoms with Gasteiger partial charge in [-0.3, -0.25) is 4.31 Å². The van der Waals surface area contributed by atoms with Gasteiger partial charge in [0.2, 0.25) is 0 Å². The number of halogens is 3. The molecule has 0 aliphatic carbocycles. The average Bonchev–Trinajstić information content (AvgIpc) is 2.29. The summed E-state index contributed by atoms with van der Waals surface area (Å²) in [5, 5.41) is 0. The summed E-state index contributed by atoms with van der Waals surface area (Å²) in [6, 6.07) is 8.89. The Balaban J connectivity index is 0. The first kappa shape index (κ1) is 22.9. The van der Waals surface area contributed by atoms with Crippen LogP contribution in [0.4, 0.5) is 0 Å². The summed E-state index contributed by atoms with van der Waals surface area (Å²) < 4.78 is 24.7. The summed E-state index contributed by atoms with van der Waals surface area (Å²) >= 11 is 16.4. The van der Waals surface area contributed by atoms with Crippen LogP contribution in [0.1, 0.15) is 5.56 Å². The van der Waals surface area contributed by atoms with Gasteiger partial charge >= 0.3 is 37.7 Å². The van der Waals surface area contributed by atoms with Crippen molar-refractivity contribution in [3.63, 3.8) is 0 Å². The molecule has 1 aromatic rings. The van der Waals surface area contributed by atoms with E-state index in [0.29, 0.717) is 5.56 Å². The van der Waals surface area contributed by atoms with Crippen LogP contribution in [-0.4, -0.2) is 37.7 Å². The molecule has 0 aliphatic heterocycles. The molecule has 19 heavy (non-hydrogen) atoms. The minimum atomic E-state index is -3.51. The zero-order valence-corrected chi connectivity index (χ0v) is 15.7. The third kappa shape index (κ3) is 11.9. The van der Waals surface area contributed by atoms with Crippen molar-refractivity contribution >= 4 is 89.3 Å². The molecule has 0 bridgehead atoms. The molecule has 2 atom stereocenters. The van der Waals surface area contributed by atoms with Gasteiger partial charge in [-0.1, -0.05) is 53.5 Å². The minimum Gasteiger partial charge on any atom is -0.781 e. The molecular formula is C7H7CaCl3O6P2. The smallest absolute Gasteiger partial charge is 0.781 e. The summed E-state index contributed by atoms with van der Waals surface area (Å²) in [6.45, 7) is 0. The van der Waals surface area contributed by atoms with Crippen LogP contribution >= 0.6 is 51.6 Å². The molecule has 0 radical (unpaired) electrons. The van der Waals surface area contributed by atoms with E-state index in [1.807, 2.05) is 6.07 Å². The van der Waals surface area contributed by atoms with E-state index in [2.05, 4.69) is 8.60 Å². The second-order valence-electron chi connectivity index (χ2n) is 2.56. The van der Waals surface area contributed by atoms with Crippen molar-refractivity contribution in [3.05, 3.63) is 35.9 Å². The van der Waals surface area contributed by atoms with Gasteiger partial charge in [-0.15, -0.1) is 0 Å². The van der Waals surface area contributed by atoms with E-state index in [0.717, 1.165) is 0 Å². The molecule has 0 saturated carbocycles. The molecular weight excluding hydrogens is 388 g/mol. The van der Waals surface area contributed by atoms with E-state index < -0.39 is 21.0 Å². The second-order valence-corrected chi connectivity index (χ2v) is 5.79. The van der Waals surface area contributed by atoms with E-state index >= 15 is 0 Å². The molecule has 0 heterocycles. The molecule has 1 aromatic carbocycles. The van der Waals surface area contributed by atoms with Crippen molar-refractivity contribution < 1.29 is 27.5 Å². The number of hydrogen-bond donors (Lipinski definition) is 0. The van der Waals surface area contributed by atoms with E-state index in [1.54, 1.807) is 24.3 Å². The van der Waals surface area contributed by atoms with Crippen molar-refractivity contribution in [1.82, 2.24) is 0 Å². The van der Waals surface area contributed by atoms with E-state index in [-0.39, 0.29) is 37.7 Å². The maximum atomic E-state index is 9.29. The summed E-state index contributed by atoms with van der Waals surface area (Å²) in [4.78, 5) is 18.6. The first-order valence-corrected chi connectivity index (χ1v) is 7.64. The number of alkyl halides is 2. The van der Waals surface area contributed by atoms with Gasteiger partial charge in [-0.2, -0.15) is 0 Å². The number of rotatable bonds is 4. The fourth-order valence-corrected chi connectivity index (χ4v) is 1.63. The molecule has 104 valence electrons. The summed E-state index contributed by atoms with van der Waals surface area (Å²) in [6.07, 6.45) is 0. The maximum absolute atomic E-state index is 9.29. The Labute approximate surface area is 156 Å². The van der Waals surface area contributed by atoms with Gasteiger partial charge in [0, 0.05) is 5.56 Å². The molecule has 0 saturated heterocycles. The fraction of sp³-hybridized carbons (Fsp3) is 0.143. The van der Waals surface area contributed by atoms with Gasteiger partial charge in [0.1, 0.15) is 16.5 Å². The predicted molar refractivity (Wildman–Crippen MR) is 71.6 cm³/mol. The van der Waals surface area contributed by atoms with Crippen LogP contribution in [0, 0.1) is 0 Å². The molecule has 0 N–H and O–H groups in total. The zero-order chi connectivity index (χ0) is 14.2. The summed E-state index contributed by atoms with van der Waals surface area (Å²) in [5.41, 5.74) is 0.610. The monoisotopic (exact) mass is 394 g/mol. The van der Waals surface area contributed by atoms with Crippen molar-refractivity contribution in [2.45, 2.75) is 4.52 Å². The van der Waals surface area contributed by atoms with Crippen molar-refractivity contribution in [2.24, 2.45) is 0 Å². The van der Waals surface area contributed by atoms with Gasteiger partial charge < -0.3 is 18.9 Å². The number of benzene rings is 1. The molecule has 0 spiro atoms. The number of hydrogen-bond acceptors (Lipinski definition) is 6. The van der Waals surface area contributed by atoms with Gasteiger partial charge in [0.05, 0.1) is 11.9 Å². The van der Waals surface area contributed by atoms with Crippen LogP contribution in [0.3, 0.4) is 0 Å². The fourth-order valence-electron chi connectivity index (χ4n) is 0.745. The first-order chi connectivity index (χ1) is 8.29. The van der Waals surface area contributed by atoms with Crippen molar-refractivity contribution in [3.8, 4) is 0 Å². The van der Waals surface area contributed by atoms with E-state index in [4.69, 9.17) is 35.1 Å². The largest absolute Gasteiger partial charge is 2.00 e. The van der Waals surface area contributed by atoms with Crippen LogP contribution < -0.4 is 9.79 Å². The molecule has 0 fully saturated rings. The third-order valence-corrected chi connectivity index (χ3v) is 3.69. The average molecular weight is 396 g/mol. The Morgan fingerprint density at radius 2 is 1.47 bits per heavy atom. The zero-order valence-electron chi connectivity index (χ0n) is 9.18. The Kier molecular flexibility index (Phi) is 14.7. The maximum Gasteiger partial charge on any atom is 2.00 e. The van der Waals surface area contributed by atoms with Crippen LogP contribution in [0.2, 0.25) is 0 Å². The second kappa shape index (κ2) is 12.2. The van der Waals surface area contributed by atoms with Crippen LogP contribution in [-0.2, 0) is 22.2 Å².